The molecule has 0 radical (unpaired) electrons. The van der Waals surface area contributed by atoms with E-state index in [-0.39, 0.29) is 52.7 Å². The summed E-state index contributed by atoms with van der Waals surface area (Å²) < 4.78 is 27.4. The molecule has 2 aliphatic rings. The van der Waals surface area contributed by atoms with Crippen molar-refractivity contribution in [2.75, 3.05) is 16.6 Å². The molecule has 2 unspecified atom stereocenters. The lowest BCUT2D eigenvalue weighted by Crippen LogP contribution is -2.59. The van der Waals surface area contributed by atoms with E-state index in [1.807, 2.05) is 20.8 Å². The highest BCUT2D eigenvalue weighted by atomic mass is 32.2. The van der Waals surface area contributed by atoms with Crippen molar-refractivity contribution in [2.45, 2.75) is 51.3 Å². The molecule has 4 rings (SSSR count). The minimum Gasteiger partial charge on any atom is -0.326 e. The predicted molar refractivity (Wildman–Crippen MR) is 131 cm³/mol. The number of pyridine rings is 1. The maximum atomic E-state index is 13.1. The first-order valence-electron chi connectivity index (χ1n) is 11.7. The summed E-state index contributed by atoms with van der Waals surface area (Å²) in [5.74, 6) is -0.509. The zero-order valence-electron chi connectivity index (χ0n) is 20.1. The molecule has 2 atom stereocenters. The SMILES string of the molecule is CC12CCC(C(=O)N(CCCC(=O)Nc3ccc(S(=O)(=O)Nc4ccccn4)cc3)C1=O)C2(C)C. The van der Waals surface area contributed by atoms with E-state index in [4.69, 9.17) is 0 Å². The number of nitrogens with one attached hydrogen (secondary N) is 2. The van der Waals surface area contributed by atoms with Crippen LogP contribution in [-0.4, -0.2) is 42.6 Å². The zero-order chi connectivity index (χ0) is 25.4. The van der Waals surface area contributed by atoms with Gasteiger partial charge in [0.1, 0.15) is 5.82 Å². The van der Waals surface area contributed by atoms with Gasteiger partial charge < -0.3 is 5.32 Å². The fraction of sp³-hybridized carbons (Fsp3) is 0.440. The average Bonchev–Trinajstić information content (AvgIpc) is 3.00. The van der Waals surface area contributed by atoms with E-state index >= 15 is 0 Å². The minimum atomic E-state index is -3.81. The van der Waals surface area contributed by atoms with Crippen LogP contribution < -0.4 is 10.0 Å². The molecule has 2 heterocycles. The molecule has 1 aromatic carbocycles. The van der Waals surface area contributed by atoms with Gasteiger partial charge in [0.05, 0.1) is 10.3 Å². The van der Waals surface area contributed by atoms with Crippen LogP contribution in [0.25, 0.3) is 0 Å². The van der Waals surface area contributed by atoms with Gasteiger partial charge in [-0.2, -0.15) is 0 Å². The number of sulfonamides is 1. The molecular formula is C25H30N4O5S. The Kier molecular flexibility index (Phi) is 6.44. The third kappa shape index (κ3) is 4.54. The van der Waals surface area contributed by atoms with Crippen LogP contribution in [0.2, 0.25) is 0 Å². The van der Waals surface area contributed by atoms with Gasteiger partial charge in [0.2, 0.25) is 17.7 Å². The number of likely N-dealkylation sites (tertiary alicyclic amines) is 1. The molecule has 3 amide bonds. The van der Waals surface area contributed by atoms with E-state index in [1.54, 1.807) is 18.2 Å². The van der Waals surface area contributed by atoms with E-state index < -0.39 is 15.4 Å². The molecular weight excluding hydrogens is 468 g/mol. The molecule has 2 aromatic rings. The highest BCUT2D eigenvalue weighted by molar-refractivity contribution is 7.92. The predicted octanol–water partition coefficient (Wildman–Crippen LogP) is 3.41. The Morgan fingerprint density at radius 2 is 1.83 bits per heavy atom. The van der Waals surface area contributed by atoms with Gasteiger partial charge in [-0.1, -0.05) is 26.8 Å². The second-order valence-corrected chi connectivity index (χ2v) is 11.6. The highest BCUT2D eigenvalue weighted by Crippen LogP contribution is 2.60. The van der Waals surface area contributed by atoms with E-state index in [0.717, 1.165) is 0 Å². The summed E-state index contributed by atoms with van der Waals surface area (Å²) >= 11 is 0. The first-order valence-corrected chi connectivity index (χ1v) is 13.1. The summed E-state index contributed by atoms with van der Waals surface area (Å²) in [6, 6.07) is 10.7. The molecule has 2 fully saturated rings. The fourth-order valence-electron chi connectivity index (χ4n) is 5.07. The van der Waals surface area contributed by atoms with E-state index in [9.17, 15) is 22.8 Å². The molecule has 10 heteroatoms. The Balaban J connectivity index is 1.30. The number of anilines is 2. The van der Waals surface area contributed by atoms with Gasteiger partial charge in [0.25, 0.3) is 10.0 Å². The molecule has 0 spiro atoms. The molecule has 1 saturated heterocycles. The second kappa shape index (κ2) is 9.07. The van der Waals surface area contributed by atoms with Crippen molar-refractivity contribution in [1.82, 2.24) is 9.88 Å². The third-order valence-corrected chi connectivity index (χ3v) is 9.02. The van der Waals surface area contributed by atoms with Gasteiger partial charge in [-0.05, 0) is 61.1 Å². The molecule has 9 nitrogen and oxygen atoms in total. The summed E-state index contributed by atoms with van der Waals surface area (Å²) in [5.41, 5.74) is -0.465. The van der Waals surface area contributed by atoms with Gasteiger partial charge in [-0.15, -0.1) is 0 Å². The van der Waals surface area contributed by atoms with Crippen molar-refractivity contribution in [3.63, 3.8) is 0 Å². The maximum absolute atomic E-state index is 13.1. The summed E-state index contributed by atoms with van der Waals surface area (Å²) in [5, 5.41) is 2.73. The molecule has 35 heavy (non-hydrogen) atoms. The Morgan fingerprint density at radius 1 is 1.11 bits per heavy atom. The Labute approximate surface area is 205 Å². The highest BCUT2D eigenvalue weighted by Gasteiger charge is 2.64. The minimum absolute atomic E-state index is 0.0364. The maximum Gasteiger partial charge on any atom is 0.263 e. The first-order chi connectivity index (χ1) is 16.5. The lowest BCUT2D eigenvalue weighted by Gasteiger charge is -2.47. The Hall–Kier alpha value is -3.27. The Morgan fingerprint density at radius 3 is 2.49 bits per heavy atom. The van der Waals surface area contributed by atoms with Crippen LogP contribution in [0.4, 0.5) is 11.5 Å². The molecule has 2 bridgehead atoms. The monoisotopic (exact) mass is 498 g/mol. The largest absolute Gasteiger partial charge is 0.326 e. The lowest BCUT2D eigenvalue weighted by molar-refractivity contribution is -0.168. The number of nitrogens with zero attached hydrogens (tertiary/aromatic N) is 2. The summed E-state index contributed by atoms with van der Waals surface area (Å²) in [7, 11) is -3.81. The van der Waals surface area contributed by atoms with Gasteiger partial charge in [-0.3, -0.25) is 24.0 Å². The van der Waals surface area contributed by atoms with Crippen molar-refractivity contribution in [1.29, 1.82) is 0 Å². The van der Waals surface area contributed by atoms with Gasteiger partial charge in [-0.25, -0.2) is 13.4 Å². The number of hydrogen-bond acceptors (Lipinski definition) is 6. The van der Waals surface area contributed by atoms with Crippen LogP contribution >= 0.6 is 0 Å². The molecule has 1 aromatic heterocycles. The number of benzene rings is 1. The second-order valence-electron chi connectivity index (χ2n) is 9.94. The van der Waals surface area contributed by atoms with Crippen LogP contribution in [0.1, 0.15) is 46.5 Å². The number of carbonyl (C=O) groups is 3. The number of carbonyl (C=O) groups excluding carboxylic acids is 3. The zero-order valence-corrected chi connectivity index (χ0v) is 20.9. The first kappa shape index (κ1) is 24.8. The number of hydrogen-bond donors (Lipinski definition) is 2. The number of piperidine rings is 1. The van der Waals surface area contributed by atoms with Crippen molar-refractivity contribution in [3.05, 3.63) is 48.7 Å². The molecule has 1 aliphatic carbocycles. The van der Waals surface area contributed by atoms with Crippen LogP contribution in [0.15, 0.2) is 53.6 Å². The normalized spacial score (nSPS) is 23.3. The molecule has 1 saturated carbocycles. The lowest BCUT2D eigenvalue weighted by atomic mass is 9.62. The third-order valence-electron chi connectivity index (χ3n) is 7.65. The summed E-state index contributed by atoms with van der Waals surface area (Å²) in [4.78, 5) is 43.7. The summed E-state index contributed by atoms with van der Waals surface area (Å²) in [6.45, 7) is 6.15. The van der Waals surface area contributed by atoms with Gasteiger partial charge >= 0.3 is 0 Å². The van der Waals surface area contributed by atoms with Crippen LogP contribution in [0, 0.1) is 16.7 Å². The standard InChI is InChI=1S/C25H30N4O5S/c1-24(2)19-13-14-25(24,3)23(32)29(22(19)31)16-6-8-21(30)27-17-9-11-18(12-10-17)35(33,34)28-20-7-4-5-15-26-20/h4-5,7,9-12,15,19H,6,8,13-14,16H2,1-3H3,(H,26,28)(H,27,30). The number of amides is 3. The van der Waals surface area contributed by atoms with Crippen molar-refractivity contribution in [2.24, 2.45) is 16.7 Å². The van der Waals surface area contributed by atoms with Crippen LogP contribution in [0.5, 0.6) is 0 Å². The van der Waals surface area contributed by atoms with Crippen molar-refractivity contribution >= 4 is 39.3 Å². The molecule has 186 valence electrons. The number of imide groups is 1. The summed E-state index contributed by atoms with van der Waals surface area (Å²) in [6.07, 6.45) is 3.39. The van der Waals surface area contributed by atoms with Crippen molar-refractivity contribution in [3.8, 4) is 0 Å². The van der Waals surface area contributed by atoms with Gasteiger partial charge in [0.15, 0.2) is 0 Å². The quantitative estimate of drug-likeness (QED) is 0.537. The van der Waals surface area contributed by atoms with E-state index in [2.05, 4.69) is 15.0 Å². The topological polar surface area (TPSA) is 126 Å². The average molecular weight is 499 g/mol. The van der Waals surface area contributed by atoms with Crippen LogP contribution in [0.3, 0.4) is 0 Å². The Bertz CT molecular complexity index is 1240. The molecule has 1 aliphatic heterocycles. The fourth-order valence-corrected chi connectivity index (χ4v) is 6.08. The number of aromatic nitrogens is 1. The number of fused-ring (bicyclic) bond motifs is 2. The number of rotatable bonds is 8. The van der Waals surface area contributed by atoms with E-state index in [0.29, 0.717) is 24.9 Å². The van der Waals surface area contributed by atoms with Crippen LogP contribution in [-0.2, 0) is 24.4 Å². The smallest absolute Gasteiger partial charge is 0.263 e. The van der Waals surface area contributed by atoms with Crippen molar-refractivity contribution < 1.29 is 22.8 Å². The van der Waals surface area contributed by atoms with Gasteiger partial charge in [0, 0.05) is 30.8 Å². The molecule has 2 N–H and O–H groups in total. The van der Waals surface area contributed by atoms with E-state index in [1.165, 1.54) is 35.4 Å².